The van der Waals surface area contributed by atoms with Crippen LogP contribution in [0.4, 0.5) is 13.2 Å². The van der Waals surface area contributed by atoms with Gasteiger partial charge in [-0.15, -0.1) is 0 Å². The molecule has 0 saturated carbocycles. The normalized spacial score (nSPS) is 17.4. The molecule has 1 aliphatic rings. The minimum atomic E-state index is -5.08. The van der Waals surface area contributed by atoms with Gasteiger partial charge in [0.1, 0.15) is 0 Å². The smallest absolute Gasteiger partial charge is 0.475 e. The first kappa shape index (κ1) is 17.6. The van der Waals surface area contributed by atoms with Crippen LogP contribution in [0.5, 0.6) is 0 Å². The van der Waals surface area contributed by atoms with E-state index in [1.54, 1.807) is 4.90 Å². The number of sulfonamides is 1. The highest BCUT2D eigenvalue weighted by Crippen LogP contribution is 2.13. The van der Waals surface area contributed by atoms with Crippen LogP contribution >= 0.6 is 0 Å². The van der Waals surface area contributed by atoms with Gasteiger partial charge in [0.05, 0.1) is 6.26 Å². The lowest BCUT2D eigenvalue weighted by Gasteiger charge is -2.30. The molecule has 7 nitrogen and oxygen atoms in total. The van der Waals surface area contributed by atoms with E-state index in [1.165, 1.54) is 10.6 Å². The Bertz CT molecular complexity index is 415. The number of amides is 1. The average Bonchev–Trinajstić information content (AvgIpc) is 2.27. The topological polar surface area (TPSA) is 95.0 Å². The number of carbonyl (C=O) groups is 2. The second-order valence-corrected chi connectivity index (χ2v) is 5.59. The molecule has 1 amide bonds. The monoisotopic (exact) mass is 306 g/mol. The molecule has 1 saturated heterocycles. The van der Waals surface area contributed by atoms with Gasteiger partial charge in [-0.05, 0) is 0 Å². The van der Waals surface area contributed by atoms with E-state index in [-0.39, 0.29) is 0 Å². The van der Waals surface area contributed by atoms with E-state index in [2.05, 4.69) is 0 Å². The molecule has 0 spiro atoms. The molecule has 1 fully saturated rings. The Morgan fingerprint density at radius 2 is 1.58 bits per heavy atom. The first-order valence-corrected chi connectivity index (χ1v) is 6.78. The summed E-state index contributed by atoms with van der Waals surface area (Å²) < 4.78 is 55.1. The van der Waals surface area contributed by atoms with E-state index in [4.69, 9.17) is 9.90 Å². The van der Waals surface area contributed by atoms with Gasteiger partial charge in [0.25, 0.3) is 0 Å². The summed E-state index contributed by atoms with van der Waals surface area (Å²) in [7, 11) is -3.07. The minimum absolute atomic E-state index is 0.414. The number of carbonyl (C=O) groups excluding carboxylic acids is 1. The number of hydrogen-bond acceptors (Lipinski definition) is 4. The van der Waals surface area contributed by atoms with Crippen LogP contribution in [0.2, 0.25) is 0 Å². The highest BCUT2D eigenvalue weighted by Gasteiger charge is 2.38. The highest BCUT2D eigenvalue weighted by molar-refractivity contribution is 7.88. The molecule has 0 bridgehead atoms. The number of carboxylic acid groups (broad SMARTS) is 1. The molecule has 0 aliphatic carbocycles. The number of alkyl halides is 3. The van der Waals surface area contributed by atoms with E-state index in [0.29, 0.717) is 26.2 Å². The summed E-state index contributed by atoms with van der Waals surface area (Å²) in [4.78, 5) is 20.7. The Kier molecular flexibility index (Phi) is 6.22. The number of nitrogens with zero attached hydrogens (tertiary/aromatic N) is 2. The minimum Gasteiger partial charge on any atom is -0.475 e. The lowest BCUT2D eigenvalue weighted by molar-refractivity contribution is -0.192. The van der Waals surface area contributed by atoms with Crippen LogP contribution in [0, 0.1) is 0 Å². The molecule has 1 aliphatic heterocycles. The molecule has 11 heteroatoms. The summed E-state index contributed by atoms with van der Waals surface area (Å²) in [5.74, 6) is -2.76. The van der Waals surface area contributed by atoms with Crippen LogP contribution in [-0.4, -0.2) is 73.7 Å². The molecule has 0 aromatic heterocycles. The van der Waals surface area contributed by atoms with Crippen molar-refractivity contribution in [3.8, 4) is 0 Å². The maximum Gasteiger partial charge on any atom is 0.490 e. The van der Waals surface area contributed by atoms with Crippen molar-refractivity contribution in [1.29, 1.82) is 0 Å². The lowest BCUT2D eigenvalue weighted by atomic mass is 10.4. The van der Waals surface area contributed by atoms with Crippen molar-refractivity contribution in [2.75, 3.05) is 32.4 Å². The van der Waals surface area contributed by atoms with Crippen molar-refractivity contribution < 1.29 is 36.3 Å². The Balaban J connectivity index is 0.000000399. The van der Waals surface area contributed by atoms with Gasteiger partial charge in [-0.3, -0.25) is 4.79 Å². The Labute approximate surface area is 107 Å². The largest absolute Gasteiger partial charge is 0.490 e. The van der Waals surface area contributed by atoms with Crippen molar-refractivity contribution in [2.24, 2.45) is 0 Å². The van der Waals surface area contributed by atoms with Gasteiger partial charge < -0.3 is 10.0 Å². The summed E-state index contributed by atoms with van der Waals surface area (Å²) in [6.45, 7) is 1.82. The number of halogens is 3. The Morgan fingerprint density at radius 1 is 1.21 bits per heavy atom. The summed E-state index contributed by atoms with van der Waals surface area (Å²) in [5.41, 5.74) is 0. The summed E-state index contributed by atoms with van der Waals surface area (Å²) in [5, 5.41) is 7.12. The van der Waals surface area contributed by atoms with Gasteiger partial charge in [-0.1, -0.05) is 0 Å². The van der Waals surface area contributed by atoms with Crippen molar-refractivity contribution in [3.05, 3.63) is 0 Å². The van der Waals surface area contributed by atoms with Gasteiger partial charge >= 0.3 is 12.1 Å². The number of piperazine rings is 1. The van der Waals surface area contributed by atoms with Gasteiger partial charge in [-0.25, -0.2) is 13.2 Å². The van der Waals surface area contributed by atoms with Gasteiger partial charge in [0, 0.05) is 26.2 Å². The fraction of sp³-hybridized carbons (Fsp3) is 0.750. The molecule has 0 unspecified atom stereocenters. The zero-order valence-corrected chi connectivity index (χ0v) is 10.7. The number of carboxylic acids is 1. The molecule has 1 heterocycles. The molecule has 19 heavy (non-hydrogen) atoms. The molecule has 1 N–H and O–H groups in total. The SMILES string of the molecule is CS(=O)(=O)N1CCN(C=O)CC1.O=C(O)C(F)(F)F. The molecule has 0 atom stereocenters. The summed E-state index contributed by atoms with van der Waals surface area (Å²) in [6.07, 6.45) is -3.15. The van der Waals surface area contributed by atoms with Crippen LogP contribution in [-0.2, 0) is 19.6 Å². The highest BCUT2D eigenvalue weighted by atomic mass is 32.2. The van der Waals surface area contributed by atoms with Crippen LogP contribution in [0.25, 0.3) is 0 Å². The number of aliphatic carboxylic acids is 1. The zero-order valence-electron chi connectivity index (χ0n) is 9.92. The second-order valence-electron chi connectivity index (χ2n) is 3.61. The van der Waals surface area contributed by atoms with Crippen molar-refractivity contribution in [3.63, 3.8) is 0 Å². The lowest BCUT2D eigenvalue weighted by Crippen LogP contribution is -2.47. The molecular formula is C8H13F3N2O5S. The maximum absolute atomic E-state index is 11.0. The van der Waals surface area contributed by atoms with Gasteiger partial charge in [0.2, 0.25) is 16.4 Å². The number of hydrogen-bond donors (Lipinski definition) is 1. The van der Waals surface area contributed by atoms with Crippen molar-refractivity contribution in [2.45, 2.75) is 6.18 Å². The first-order valence-electron chi connectivity index (χ1n) is 4.93. The average molecular weight is 306 g/mol. The molecule has 0 aromatic carbocycles. The van der Waals surface area contributed by atoms with Crippen LogP contribution < -0.4 is 0 Å². The number of rotatable bonds is 2. The summed E-state index contributed by atoms with van der Waals surface area (Å²) >= 11 is 0. The summed E-state index contributed by atoms with van der Waals surface area (Å²) in [6, 6.07) is 0. The van der Waals surface area contributed by atoms with E-state index in [9.17, 15) is 26.4 Å². The van der Waals surface area contributed by atoms with Gasteiger partial charge in [0.15, 0.2) is 0 Å². The third kappa shape index (κ3) is 6.96. The predicted octanol–water partition coefficient (Wildman–Crippen LogP) is -0.647. The van der Waals surface area contributed by atoms with E-state index in [1.807, 2.05) is 0 Å². The molecule has 1 rings (SSSR count). The molecule has 0 radical (unpaired) electrons. The standard InChI is InChI=1S/C6H12N2O3S.C2HF3O2/c1-12(10,11)8-4-2-7(6-9)3-5-8;3-2(4,5)1(6)7/h6H,2-5H2,1H3;(H,6,7). The predicted molar refractivity (Wildman–Crippen MR) is 57.7 cm³/mol. The fourth-order valence-corrected chi connectivity index (χ4v) is 1.97. The van der Waals surface area contributed by atoms with E-state index < -0.39 is 22.2 Å². The Morgan fingerprint density at radius 3 is 1.79 bits per heavy atom. The van der Waals surface area contributed by atoms with E-state index >= 15 is 0 Å². The van der Waals surface area contributed by atoms with Gasteiger partial charge in [-0.2, -0.15) is 17.5 Å². The maximum atomic E-state index is 11.0. The second kappa shape index (κ2) is 6.70. The van der Waals surface area contributed by atoms with Crippen molar-refractivity contribution in [1.82, 2.24) is 9.21 Å². The fourth-order valence-electron chi connectivity index (χ4n) is 1.14. The Hall–Kier alpha value is -1.36. The quantitative estimate of drug-likeness (QED) is 0.684. The third-order valence-electron chi connectivity index (χ3n) is 2.13. The molecule has 0 aromatic rings. The van der Waals surface area contributed by atoms with Crippen molar-refractivity contribution >= 4 is 22.4 Å². The molecular weight excluding hydrogens is 293 g/mol. The first-order chi connectivity index (χ1) is 8.48. The van der Waals surface area contributed by atoms with Crippen LogP contribution in [0.3, 0.4) is 0 Å². The van der Waals surface area contributed by atoms with Crippen LogP contribution in [0.1, 0.15) is 0 Å². The third-order valence-corrected chi connectivity index (χ3v) is 3.44. The zero-order chi connectivity index (χ0) is 15.3. The molecule has 112 valence electrons. The van der Waals surface area contributed by atoms with Crippen LogP contribution in [0.15, 0.2) is 0 Å². The van der Waals surface area contributed by atoms with E-state index in [0.717, 1.165) is 6.41 Å².